The van der Waals surface area contributed by atoms with E-state index in [2.05, 4.69) is 20.3 Å². The highest BCUT2D eigenvalue weighted by atomic mass is 16.8. The molecule has 1 saturated carbocycles. The van der Waals surface area contributed by atoms with E-state index in [1.165, 1.54) is 24.3 Å². The molecule has 2 fully saturated rings. The van der Waals surface area contributed by atoms with Crippen molar-refractivity contribution in [2.75, 3.05) is 36.6 Å². The van der Waals surface area contributed by atoms with Gasteiger partial charge in [-0.3, -0.25) is 9.69 Å². The van der Waals surface area contributed by atoms with Gasteiger partial charge < -0.3 is 81.6 Å². The van der Waals surface area contributed by atoms with Crippen LogP contribution in [0.3, 0.4) is 0 Å². The Kier molecular flexibility index (Phi) is 13.7. The minimum absolute atomic E-state index is 0.0387. The van der Waals surface area contributed by atoms with Gasteiger partial charge in [0, 0.05) is 84.5 Å². The largest absolute Gasteiger partial charge is 0.508 e. The van der Waals surface area contributed by atoms with E-state index in [-0.39, 0.29) is 54.9 Å². The maximum absolute atomic E-state index is 15.4. The minimum Gasteiger partial charge on any atom is -0.508 e. The standard InChI is InChI=1S/C54H62N6O14/c55-41-10-4-16-52(41,31-8-2-1-3-9-31)44-29(7-6-18-61)23-53(51(70)71)45(44)34-21-38(65)39(73-54(72)50(69)49(68)48(67)40(26-63)74-54)22-36(34)60(53)43(66)15-13-28-12-14-37(64)32(19-28)33-20-30(25-62)35(47-46(33)58-27-59-47)24-57-42-11-5-17-56-42/h1-3,5,8-9,11-15,17,19,21-23,27,30,33,35,40-41,44-45,48-50,56-57,61-65,67-69,72H,4,6-7,10,16,18,20,24-26,55H2,(H,58,59)(H,70,71). The number of phenolic OH excluding ortho intramolecular Hbond substituents is 2. The highest BCUT2D eigenvalue weighted by molar-refractivity contribution is 6.13. The molecule has 5 aliphatic rings. The van der Waals surface area contributed by atoms with Gasteiger partial charge in [-0.05, 0) is 97.2 Å². The van der Waals surface area contributed by atoms with Gasteiger partial charge >= 0.3 is 11.9 Å². The lowest BCUT2D eigenvalue weighted by Gasteiger charge is -2.45. The van der Waals surface area contributed by atoms with Crippen LogP contribution in [-0.4, -0.2) is 146 Å². The number of carbonyl (C=O) groups is 2. The molecule has 392 valence electrons. The first-order chi connectivity index (χ1) is 35.6. The highest BCUT2D eigenvalue weighted by Gasteiger charge is 2.69. The SMILES string of the molecule is NC1CCCC1(c1ccccc1)C1C(CCCO)=CC2(C(=O)O)C1c1cc(O)c(OC3(O)OC(CO)C(O)C(O)C3O)cc1N2C(=O)C=Cc1ccc(O)c(C2CC(CO)C(CNc3ccc[nH]3)c3nc[nH]c32)c1. The number of carboxylic acid groups (broad SMARTS) is 1. The Morgan fingerprint density at radius 1 is 0.946 bits per heavy atom. The second kappa shape index (κ2) is 19.9. The summed E-state index contributed by atoms with van der Waals surface area (Å²) in [7, 11) is 0. The number of allylic oxidation sites excluding steroid dienone is 1. The molecule has 3 aromatic carbocycles. The topological polar surface area (TPSA) is 341 Å². The number of carbonyl (C=O) groups excluding carboxylic acids is 1. The number of aromatic hydroxyl groups is 2. The van der Waals surface area contributed by atoms with Crippen molar-refractivity contribution in [2.45, 2.75) is 104 Å². The summed E-state index contributed by atoms with van der Waals surface area (Å²) in [6.45, 7) is -0.817. The molecule has 13 unspecified atom stereocenters. The molecule has 3 aliphatic carbocycles. The van der Waals surface area contributed by atoms with Crippen molar-refractivity contribution in [1.29, 1.82) is 0 Å². The first-order valence-electron chi connectivity index (χ1n) is 25.0. The third-order valence-electron chi connectivity index (χ3n) is 16.4. The van der Waals surface area contributed by atoms with Crippen LogP contribution in [0.4, 0.5) is 11.5 Å². The average molecular weight is 1020 g/mol. The number of nitrogens with two attached hydrogens (primary N) is 1. The second-order valence-corrected chi connectivity index (χ2v) is 20.2. The van der Waals surface area contributed by atoms with Crippen molar-refractivity contribution in [2.24, 2.45) is 17.6 Å². The smallest absolute Gasteiger partial charge is 0.355 e. The van der Waals surface area contributed by atoms with Crippen molar-refractivity contribution in [1.82, 2.24) is 15.0 Å². The number of nitrogens with one attached hydrogen (secondary N) is 3. The number of fused-ring (bicyclic) bond motifs is 4. The third kappa shape index (κ3) is 8.25. The number of imidazole rings is 1. The molecular formula is C54H62N6O14. The van der Waals surface area contributed by atoms with Crippen LogP contribution in [0, 0.1) is 11.8 Å². The summed E-state index contributed by atoms with van der Waals surface area (Å²) in [6.07, 6.45) is 2.41. The lowest BCUT2D eigenvalue weighted by Crippen LogP contribution is -2.67. The Morgan fingerprint density at radius 3 is 2.43 bits per heavy atom. The van der Waals surface area contributed by atoms with Crippen LogP contribution in [-0.2, 0) is 19.7 Å². The minimum atomic E-state index is -3.19. The van der Waals surface area contributed by atoms with Crippen LogP contribution in [0.2, 0.25) is 0 Å². The number of hydrogen-bond acceptors (Lipinski definition) is 16. The number of amides is 1. The molecule has 2 aromatic heterocycles. The number of H-pyrrole nitrogens is 2. The Labute approximate surface area is 425 Å². The number of aliphatic hydroxyl groups excluding tert-OH is 6. The Balaban J connectivity index is 1.08. The summed E-state index contributed by atoms with van der Waals surface area (Å²) in [5, 5.41) is 113. The number of rotatable bonds is 16. The third-order valence-corrected chi connectivity index (χ3v) is 16.4. The van der Waals surface area contributed by atoms with Crippen molar-refractivity contribution in [3.8, 4) is 17.2 Å². The molecule has 74 heavy (non-hydrogen) atoms. The summed E-state index contributed by atoms with van der Waals surface area (Å²) in [5.41, 5.74) is 8.13. The number of aliphatic hydroxyl groups is 7. The molecule has 15 N–H and O–H groups in total. The van der Waals surface area contributed by atoms with E-state index in [9.17, 15) is 55.9 Å². The van der Waals surface area contributed by atoms with E-state index in [1.807, 2.05) is 42.5 Å². The summed E-state index contributed by atoms with van der Waals surface area (Å²) in [5.74, 6) is -8.72. The first kappa shape index (κ1) is 50.9. The molecule has 20 nitrogen and oxygen atoms in total. The van der Waals surface area contributed by atoms with Crippen molar-refractivity contribution in [3.05, 3.63) is 137 Å². The zero-order chi connectivity index (χ0) is 52.3. The van der Waals surface area contributed by atoms with Crippen molar-refractivity contribution >= 4 is 29.5 Å². The molecule has 5 aromatic rings. The molecule has 1 saturated heterocycles. The summed E-state index contributed by atoms with van der Waals surface area (Å²) in [6, 6.07) is 19.9. The lowest BCUT2D eigenvalue weighted by molar-refractivity contribution is -0.422. The van der Waals surface area contributed by atoms with Gasteiger partial charge in [-0.15, -0.1) is 0 Å². The van der Waals surface area contributed by atoms with Crippen LogP contribution in [0.5, 0.6) is 17.2 Å². The molecule has 1 amide bonds. The Morgan fingerprint density at radius 2 is 1.74 bits per heavy atom. The molecular weight excluding hydrogens is 957 g/mol. The van der Waals surface area contributed by atoms with Gasteiger partial charge in [0.05, 0.1) is 24.3 Å². The number of phenols is 2. The monoisotopic (exact) mass is 1020 g/mol. The summed E-state index contributed by atoms with van der Waals surface area (Å²) >= 11 is 0. The fourth-order valence-corrected chi connectivity index (χ4v) is 13.0. The van der Waals surface area contributed by atoms with Gasteiger partial charge in [-0.25, -0.2) is 9.78 Å². The second-order valence-electron chi connectivity index (χ2n) is 20.2. The van der Waals surface area contributed by atoms with Gasteiger partial charge in [-0.2, -0.15) is 0 Å². The van der Waals surface area contributed by atoms with Crippen molar-refractivity contribution < 1.29 is 70.1 Å². The predicted molar refractivity (Wildman–Crippen MR) is 267 cm³/mol. The van der Waals surface area contributed by atoms with Gasteiger partial charge in [0.1, 0.15) is 29.9 Å². The molecule has 10 rings (SSSR count). The number of anilines is 2. The predicted octanol–water partition coefficient (Wildman–Crippen LogP) is 2.73. The number of ether oxygens (including phenoxy) is 2. The van der Waals surface area contributed by atoms with Gasteiger partial charge in [0.25, 0.3) is 5.91 Å². The van der Waals surface area contributed by atoms with E-state index in [4.69, 9.17) is 15.2 Å². The Hall–Kier alpha value is -6.59. The van der Waals surface area contributed by atoms with Crippen LogP contribution in [0.25, 0.3) is 6.08 Å². The fourth-order valence-electron chi connectivity index (χ4n) is 13.0. The fraction of sp³-hybridized carbons (Fsp3) is 0.426. The molecule has 0 bridgehead atoms. The molecule has 0 spiro atoms. The van der Waals surface area contributed by atoms with E-state index in [1.54, 1.807) is 30.7 Å². The normalized spacial score (nSPS) is 32.3. The van der Waals surface area contributed by atoms with Crippen LogP contribution >= 0.6 is 0 Å². The van der Waals surface area contributed by atoms with E-state index < -0.39 is 95.1 Å². The number of aliphatic carboxylic acids is 1. The molecule has 0 radical (unpaired) electrons. The zero-order valence-corrected chi connectivity index (χ0v) is 40.2. The number of benzene rings is 3. The summed E-state index contributed by atoms with van der Waals surface area (Å²) in [4.78, 5) is 42.0. The quantitative estimate of drug-likeness (QED) is 0.0384. The average Bonchev–Trinajstić information content (AvgIpc) is 4.26. The van der Waals surface area contributed by atoms with Crippen LogP contribution in [0.15, 0.2) is 103 Å². The number of aromatic amines is 2. The molecule has 20 heteroatoms. The lowest BCUT2D eigenvalue weighted by atomic mass is 9.59. The molecule has 4 heterocycles. The number of hydrogen-bond donors (Lipinski definition) is 14. The number of aromatic nitrogens is 3. The zero-order valence-electron chi connectivity index (χ0n) is 40.2. The summed E-state index contributed by atoms with van der Waals surface area (Å²) < 4.78 is 11.1. The van der Waals surface area contributed by atoms with Gasteiger partial charge in [0.2, 0.25) is 0 Å². The number of nitrogens with zero attached hydrogens (tertiary/aromatic N) is 2. The molecule has 2 aliphatic heterocycles. The maximum atomic E-state index is 15.4. The maximum Gasteiger partial charge on any atom is 0.355 e. The number of carboxylic acids is 1. The first-order valence-corrected chi connectivity index (χ1v) is 25.0. The highest BCUT2D eigenvalue weighted by Crippen LogP contribution is 2.67. The molecule has 13 atom stereocenters. The van der Waals surface area contributed by atoms with Crippen molar-refractivity contribution in [3.63, 3.8) is 0 Å². The van der Waals surface area contributed by atoms with Crippen LogP contribution < -0.4 is 20.7 Å². The van der Waals surface area contributed by atoms with Crippen LogP contribution in [0.1, 0.15) is 89.9 Å². The Bertz CT molecular complexity index is 2930. The van der Waals surface area contributed by atoms with E-state index in [0.717, 1.165) is 33.7 Å². The van der Waals surface area contributed by atoms with Gasteiger partial charge in [-0.1, -0.05) is 48.4 Å². The van der Waals surface area contributed by atoms with Gasteiger partial charge in [0.15, 0.2) is 23.1 Å². The van der Waals surface area contributed by atoms with E-state index in [0.29, 0.717) is 48.9 Å². The van der Waals surface area contributed by atoms with E-state index >= 15 is 4.79 Å².